The Bertz CT molecular complexity index is 603. The average molecular weight is 273 g/mol. The van der Waals surface area contributed by atoms with Gasteiger partial charge in [-0.3, -0.25) is 0 Å². The van der Waals surface area contributed by atoms with Crippen molar-refractivity contribution in [2.75, 3.05) is 5.32 Å². The van der Waals surface area contributed by atoms with Crippen molar-refractivity contribution in [3.05, 3.63) is 52.4 Å². The van der Waals surface area contributed by atoms with Crippen LogP contribution in [-0.4, -0.2) is 9.97 Å². The molecule has 90 valence electrons. The predicted molar refractivity (Wildman–Crippen MR) is 77.0 cm³/mol. The molecule has 3 rings (SSSR count). The number of thiazole rings is 2. The van der Waals surface area contributed by atoms with Gasteiger partial charge < -0.3 is 5.32 Å². The molecule has 1 N–H and O–H groups in total. The lowest BCUT2D eigenvalue weighted by molar-refractivity contribution is 1.10. The zero-order valence-corrected chi connectivity index (χ0v) is 11.2. The summed E-state index contributed by atoms with van der Waals surface area (Å²) >= 11 is 3.31. The first-order chi connectivity index (χ1) is 8.92. The minimum Gasteiger partial charge on any atom is -0.379 e. The van der Waals surface area contributed by atoms with Crippen molar-refractivity contribution in [1.82, 2.24) is 9.97 Å². The van der Waals surface area contributed by atoms with Gasteiger partial charge in [0, 0.05) is 34.4 Å². The highest BCUT2D eigenvalue weighted by atomic mass is 32.1. The highest BCUT2D eigenvalue weighted by Crippen LogP contribution is 2.24. The van der Waals surface area contributed by atoms with Crippen LogP contribution in [0.4, 0.5) is 5.69 Å². The SMILES string of the molecule is c1cc(NCc2nccs2)cc(-c2nccs2)c1. The maximum atomic E-state index is 4.32. The molecule has 0 aliphatic rings. The third-order valence-electron chi connectivity index (χ3n) is 2.47. The van der Waals surface area contributed by atoms with Crippen LogP contribution in [0, 0.1) is 0 Å². The van der Waals surface area contributed by atoms with Crippen LogP contribution in [0.15, 0.2) is 47.4 Å². The monoisotopic (exact) mass is 273 g/mol. The molecule has 0 unspecified atom stereocenters. The van der Waals surface area contributed by atoms with E-state index in [-0.39, 0.29) is 0 Å². The zero-order chi connectivity index (χ0) is 12.2. The summed E-state index contributed by atoms with van der Waals surface area (Å²) in [6.45, 7) is 0.763. The maximum Gasteiger partial charge on any atom is 0.123 e. The summed E-state index contributed by atoms with van der Waals surface area (Å²) in [5.41, 5.74) is 2.24. The largest absolute Gasteiger partial charge is 0.379 e. The van der Waals surface area contributed by atoms with Crippen molar-refractivity contribution < 1.29 is 0 Å². The van der Waals surface area contributed by atoms with Gasteiger partial charge >= 0.3 is 0 Å². The lowest BCUT2D eigenvalue weighted by atomic mass is 10.2. The van der Waals surface area contributed by atoms with Crippen molar-refractivity contribution in [1.29, 1.82) is 0 Å². The molecule has 0 atom stereocenters. The molecular weight excluding hydrogens is 262 g/mol. The highest BCUT2D eigenvalue weighted by Gasteiger charge is 2.02. The molecule has 3 nitrogen and oxygen atoms in total. The Morgan fingerprint density at radius 1 is 1.06 bits per heavy atom. The summed E-state index contributed by atoms with van der Waals surface area (Å²) in [5, 5.41) is 9.50. The van der Waals surface area contributed by atoms with Gasteiger partial charge in [-0.1, -0.05) is 12.1 Å². The fourth-order valence-electron chi connectivity index (χ4n) is 1.65. The number of anilines is 1. The van der Waals surface area contributed by atoms with E-state index >= 15 is 0 Å². The fourth-order valence-corrected chi connectivity index (χ4v) is 2.84. The minimum atomic E-state index is 0.763. The minimum absolute atomic E-state index is 0.763. The van der Waals surface area contributed by atoms with Crippen LogP contribution in [0.3, 0.4) is 0 Å². The van der Waals surface area contributed by atoms with Crippen molar-refractivity contribution in [3.63, 3.8) is 0 Å². The lowest BCUT2D eigenvalue weighted by Crippen LogP contribution is -1.98. The van der Waals surface area contributed by atoms with Crippen LogP contribution in [0.25, 0.3) is 10.6 Å². The second-order valence-electron chi connectivity index (χ2n) is 3.70. The first kappa shape index (κ1) is 11.4. The quantitative estimate of drug-likeness (QED) is 0.784. The summed E-state index contributed by atoms with van der Waals surface area (Å²) in [5.74, 6) is 0. The van der Waals surface area contributed by atoms with Crippen LogP contribution in [0.1, 0.15) is 5.01 Å². The molecule has 2 heterocycles. The number of rotatable bonds is 4. The van der Waals surface area contributed by atoms with Gasteiger partial charge in [-0.2, -0.15) is 0 Å². The molecule has 0 saturated heterocycles. The zero-order valence-electron chi connectivity index (χ0n) is 9.54. The second kappa shape index (κ2) is 5.29. The summed E-state index contributed by atoms with van der Waals surface area (Å²) < 4.78 is 0. The molecular formula is C13H11N3S2. The van der Waals surface area contributed by atoms with Gasteiger partial charge in [0.15, 0.2) is 0 Å². The summed E-state index contributed by atoms with van der Waals surface area (Å²) in [7, 11) is 0. The van der Waals surface area contributed by atoms with Crippen LogP contribution in [0.2, 0.25) is 0 Å². The van der Waals surface area contributed by atoms with Gasteiger partial charge in [0.2, 0.25) is 0 Å². The Kier molecular flexibility index (Phi) is 3.34. The Morgan fingerprint density at radius 3 is 2.72 bits per heavy atom. The lowest BCUT2D eigenvalue weighted by Gasteiger charge is -2.05. The van der Waals surface area contributed by atoms with E-state index in [1.165, 1.54) is 0 Å². The number of hydrogen-bond donors (Lipinski definition) is 1. The first-order valence-electron chi connectivity index (χ1n) is 5.54. The van der Waals surface area contributed by atoms with Crippen molar-refractivity contribution >= 4 is 28.4 Å². The molecule has 0 radical (unpaired) electrons. The van der Waals surface area contributed by atoms with Crippen molar-refractivity contribution in [3.8, 4) is 10.6 Å². The van der Waals surface area contributed by atoms with E-state index in [2.05, 4.69) is 33.5 Å². The van der Waals surface area contributed by atoms with Gasteiger partial charge in [-0.15, -0.1) is 22.7 Å². The van der Waals surface area contributed by atoms with Gasteiger partial charge in [0.05, 0.1) is 6.54 Å². The predicted octanol–water partition coefficient (Wildman–Crippen LogP) is 3.88. The van der Waals surface area contributed by atoms with E-state index < -0.39 is 0 Å². The normalized spacial score (nSPS) is 10.4. The molecule has 0 bridgehead atoms. The fraction of sp³-hybridized carbons (Fsp3) is 0.0769. The Labute approximate surface area is 113 Å². The van der Waals surface area contributed by atoms with Crippen molar-refractivity contribution in [2.45, 2.75) is 6.54 Å². The molecule has 1 aromatic carbocycles. The van der Waals surface area contributed by atoms with E-state index in [4.69, 9.17) is 0 Å². The molecule has 0 amide bonds. The number of aromatic nitrogens is 2. The smallest absolute Gasteiger partial charge is 0.123 e. The van der Waals surface area contributed by atoms with Crippen LogP contribution < -0.4 is 5.32 Å². The number of nitrogens with one attached hydrogen (secondary N) is 1. The Morgan fingerprint density at radius 2 is 1.94 bits per heavy atom. The Hall–Kier alpha value is -1.72. The molecule has 0 fully saturated rings. The van der Waals surface area contributed by atoms with Gasteiger partial charge in [0.25, 0.3) is 0 Å². The van der Waals surface area contributed by atoms with E-state index in [0.717, 1.165) is 27.8 Å². The molecule has 2 aromatic heterocycles. The second-order valence-corrected chi connectivity index (χ2v) is 5.57. The maximum absolute atomic E-state index is 4.32. The molecule has 5 heteroatoms. The van der Waals surface area contributed by atoms with E-state index in [1.54, 1.807) is 22.7 Å². The first-order valence-corrected chi connectivity index (χ1v) is 7.30. The van der Waals surface area contributed by atoms with Gasteiger partial charge in [-0.25, -0.2) is 9.97 Å². The average Bonchev–Trinajstić information content (AvgIpc) is 3.10. The summed E-state index contributed by atoms with van der Waals surface area (Å²) in [4.78, 5) is 8.57. The molecule has 0 aliphatic heterocycles. The summed E-state index contributed by atoms with van der Waals surface area (Å²) in [6, 6.07) is 8.30. The van der Waals surface area contributed by atoms with Crippen LogP contribution in [-0.2, 0) is 6.54 Å². The van der Waals surface area contributed by atoms with E-state index in [0.29, 0.717) is 0 Å². The van der Waals surface area contributed by atoms with Crippen LogP contribution >= 0.6 is 22.7 Å². The van der Waals surface area contributed by atoms with Gasteiger partial charge in [0.1, 0.15) is 10.0 Å². The number of nitrogens with zero attached hydrogens (tertiary/aromatic N) is 2. The summed E-state index contributed by atoms with van der Waals surface area (Å²) in [6.07, 6.45) is 3.66. The van der Waals surface area contributed by atoms with E-state index in [1.807, 2.05) is 29.2 Å². The van der Waals surface area contributed by atoms with E-state index in [9.17, 15) is 0 Å². The third kappa shape index (κ3) is 2.57. The topological polar surface area (TPSA) is 37.8 Å². The molecule has 3 aromatic rings. The molecule has 18 heavy (non-hydrogen) atoms. The molecule has 0 aliphatic carbocycles. The van der Waals surface area contributed by atoms with Gasteiger partial charge in [-0.05, 0) is 12.1 Å². The van der Waals surface area contributed by atoms with Crippen molar-refractivity contribution in [2.24, 2.45) is 0 Å². The Balaban J connectivity index is 1.75. The molecule has 0 saturated carbocycles. The number of hydrogen-bond acceptors (Lipinski definition) is 5. The number of benzene rings is 1. The standard InChI is InChI=1S/C13H11N3S2/c1-2-10(13-15-5-7-18-13)8-11(3-1)16-9-12-14-4-6-17-12/h1-8,16H,9H2. The van der Waals surface area contributed by atoms with Crippen LogP contribution in [0.5, 0.6) is 0 Å². The third-order valence-corrected chi connectivity index (χ3v) is 4.07. The molecule has 0 spiro atoms. The highest BCUT2D eigenvalue weighted by molar-refractivity contribution is 7.13.